The van der Waals surface area contributed by atoms with E-state index in [-0.39, 0.29) is 22.3 Å². The van der Waals surface area contributed by atoms with Crippen molar-refractivity contribution < 1.29 is 18.3 Å². The number of phenols is 1. The lowest BCUT2D eigenvalue weighted by Gasteiger charge is -2.07. The molecule has 0 aliphatic carbocycles. The van der Waals surface area contributed by atoms with Gasteiger partial charge in [-0.25, -0.2) is 8.42 Å². The lowest BCUT2D eigenvalue weighted by molar-refractivity contribution is 0.392. The molecule has 10 heteroatoms. The summed E-state index contributed by atoms with van der Waals surface area (Å²) in [4.78, 5) is 4.30. The molecular weight excluding hydrogens is 448 g/mol. The molecular formula is C18H15BrN4O4S. The van der Waals surface area contributed by atoms with Gasteiger partial charge in [0.1, 0.15) is 5.75 Å². The third-order valence-corrected chi connectivity index (χ3v) is 5.44. The molecule has 0 unspecified atom stereocenters. The van der Waals surface area contributed by atoms with Crippen molar-refractivity contribution in [1.29, 1.82) is 0 Å². The van der Waals surface area contributed by atoms with Crippen LogP contribution in [0.25, 0.3) is 0 Å². The quantitative estimate of drug-likeness (QED) is 0.541. The number of rotatable bonds is 6. The van der Waals surface area contributed by atoms with E-state index in [0.717, 1.165) is 4.47 Å². The van der Waals surface area contributed by atoms with Gasteiger partial charge in [0.15, 0.2) is 5.82 Å². The van der Waals surface area contributed by atoms with Gasteiger partial charge >= 0.3 is 0 Å². The maximum atomic E-state index is 12.4. The number of nitrogens with one attached hydrogen (secondary N) is 1. The first-order valence-corrected chi connectivity index (χ1v) is 10.2. The second-order valence-electron chi connectivity index (χ2n) is 5.52. The Morgan fingerprint density at radius 1 is 1.11 bits per heavy atom. The van der Waals surface area contributed by atoms with Gasteiger partial charge in [0, 0.05) is 22.3 Å². The van der Waals surface area contributed by atoms with Crippen molar-refractivity contribution in [2.45, 2.75) is 4.90 Å². The number of phenolic OH excluding ortho intramolecular Hbond substituents is 1. The molecule has 8 nitrogen and oxygen atoms in total. The molecule has 2 aromatic carbocycles. The molecule has 0 aliphatic heterocycles. The standard InChI is InChI=1S/C18H15BrN4O4S/c1-27-18-9-8-17(21-22-18)23-28(25,26)15-5-3-14(4-6-15)20-11-12-10-13(19)2-7-16(12)24/h2-11,24H,1H3,(H,21,23)/b20-11+. The molecule has 3 aromatic rings. The minimum Gasteiger partial charge on any atom is -0.507 e. The Hall–Kier alpha value is -2.98. The Balaban J connectivity index is 1.75. The van der Waals surface area contributed by atoms with Gasteiger partial charge in [0.05, 0.1) is 17.7 Å². The molecule has 0 radical (unpaired) electrons. The number of aromatic hydroxyl groups is 1. The number of sulfonamides is 1. The fourth-order valence-corrected chi connectivity index (χ4v) is 3.54. The molecule has 0 bridgehead atoms. The largest absolute Gasteiger partial charge is 0.507 e. The van der Waals surface area contributed by atoms with Crippen LogP contribution >= 0.6 is 15.9 Å². The van der Waals surface area contributed by atoms with Gasteiger partial charge in [-0.2, -0.15) is 0 Å². The summed E-state index contributed by atoms with van der Waals surface area (Å²) in [6.07, 6.45) is 1.49. The van der Waals surface area contributed by atoms with Crippen LogP contribution in [0.2, 0.25) is 0 Å². The number of methoxy groups -OCH3 is 1. The highest BCUT2D eigenvalue weighted by atomic mass is 79.9. The summed E-state index contributed by atoms with van der Waals surface area (Å²) < 4.78 is 32.9. The molecule has 0 atom stereocenters. The lowest BCUT2D eigenvalue weighted by atomic mass is 10.2. The van der Waals surface area contributed by atoms with E-state index in [1.165, 1.54) is 37.6 Å². The highest BCUT2D eigenvalue weighted by molar-refractivity contribution is 9.10. The average Bonchev–Trinajstić information content (AvgIpc) is 2.69. The van der Waals surface area contributed by atoms with Crippen LogP contribution in [0.15, 0.2) is 69.0 Å². The molecule has 0 aliphatic rings. The van der Waals surface area contributed by atoms with Crippen molar-refractivity contribution in [1.82, 2.24) is 10.2 Å². The van der Waals surface area contributed by atoms with Crippen LogP contribution in [0, 0.1) is 0 Å². The molecule has 28 heavy (non-hydrogen) atoms. The number of ether oxygens (including phenoxy) is 1. The van der Waals surface area contributed by atoms with Crippen LogP contribution in [0.4, 0.5) is 11.5 Å². The Morgan fingerprint density at radius 3 is 2.50 bits per heavy atom. The summed E-state index contributed by atoms with van der Waals surface area (Å²) in [5, 5.41) is 17.3. The smallest absolute Gasteiger partial charge is 0.263 e. The normalized spacial score (nSPS) is 11.5. The molecule has 0 amide bonds. The Kier molecular flexibility index (Phi) is 5.90. The van der Waals surface area contributed by atoms with Crippen LogP contribution in [-0.2, 0) is 10.0 Å². The number of benzene rings is 2. The first-order chi connectivity index (χ1) is 13.4. The van der Waals surface area contributed by atoms with E-state index in [9.17, 15) is 13.5 Å². The average molecular weight is 463 g/mol. The molecule has 0 spiro atoms. The van der Waals surface area contributed by atoms with Crippen LogP contribution in [0.1, 0.15) is 5.56 Å². The second kappa shape index (κ2) is 8.36. The maximum absolute atomic E-state index is 12.4. The van der Waals surface area contributed by atoms with E-state index in [4.69, 9.17) is 4.74 Å². The number of aromatic nitrogens is 2. The summed E-state index contributed by atoms with van der Waals surface area (Å²) in [6.45, 7) is 0. The van der Waals surface area contributed by atoms with Crippen LogP contribution in [0.5, 0.6) is 11.6 Å². The minimum atomic E-state index is -3.82. The zero-order chi connectivity index (χ0) is 20.1. The van der Waals surface area contributed by atoms with Crippen molar-refractivity contribution in [2.24, 2.45) is 4.99 Å². The van der Waals surface area contributed by atoms with Crippen LogP contribution in [-0.4, -0.2) is 37.0 Å². The topological polar surface area (TPSA) is 114 Å². The van der Waals surface area contributed by atoms with E-state index >= 15 is 0 Å². The van der Waals surface area contributed by atoms with Gasteiger partial charge in [0.2, 0.25) is 5.88 Å². The molecule has 0 fully saturated rings. The number of hydrogen-bond acceptors (Lipinski definition) is 7. The zero-order valence-electron chi connectivity index (χ0n) is 14.6. The minimum absolute atomic E-state index is 0.0503. The van der Waals surface area contributed by atoms with E-state index in [2.05, 4.69) is 35.8 Å². The van der Waals surface area contributed by atoms with E-state index in [1.807, 2.05) is 0 Å². The summed E-state index contributed by atoms with van der Waals surface area (Å²) in [5.74, 6) is 0.450. The summed E-state index contributed by atoms with van der Waals surface area (Å²) in [5.41, 5.74) is 1.06. The third-order valence-electron chi connectivity index (χ3n) is 3.58. The summed E-state index contributed by atoms with van der Waals surface area (Å²) in [6, 6.07) is 13.9. The first kappa shape index (κ1) is 19.8. The molecule has 144 valence electrons. The molecule has 0 saturated heterocycles. The zero-order valence-corrected chi connectivity index (χ0v) is 17.0. The molecule has 3 rings (SSSR count). The predicted molar refractivity (Wildman–Crippen MR) is 109 cm³/mol. The van der Waals surface area contributed by atoms with E-state index in [1.54, 1.807) is 30.3 Å². The van der Waals surface area contributed by atoms with Gasteiger partial charge in [-0.15, -0.1) is 10.2 Å². The van der Waals surface area contributed by atoms with Crippen LogP contribution in [0.3, 0.4) is 0 Å². The Labute approximate surface area is 170 Å². The number of anilines is 1. The van der Waals surface area contributed by atoms with Crippen molar-refractivity contribution in [3.63, 3.8) is 0 Å². The molecule has 2 N–H and O–H groups in total. The fourth-order valence-electron chi connectivity index (χ4n) is 2.16. The van der Waals surface area contributed by atoms with Gasteiger partial charge in [0.25, 0.3) is 10.0 Å². The lowest BCUT2D eigenvalue weighted by Crippen LogP contribution is -2.14. The molecule has 1 aromatic heterocycles. The number of aliphatic imine (C=N–C) groups is 1. The van der Waals surface area contributed by atoms with Crippen molar-refractivity contribution in [3.8, 4) is 11.6 Å². The number of nitrogens with zero attached hydrogens (tertiary/aromatic N) is 3. The first-order valence-electron chi connectivity index (χ1n) is 7.90. The maximum Gasteiger partial charge on any atom is 0.263 e. The monoisotopic (exact) mass is 462 g/mol. The fraction of sp³-hybridized carbons (Fsp3) is 0.0556. The Morgan fingerprint density at radius 2 is 1.86 bits per heavy atom. The van der Waals surface area contributed by atoms with Crippen LogP contribution < -0.4 is 9.46 Å². The summed E-state index contributed by atoms with van der Waals surface area (Å²) >= 11 is 3.33. The molecule has 0 saturated carbocycles. The Bertz CT molecular complexity index is 1100. The predicted octanol–water partition coefficient (Wildman–Crippen LogP) is 3.50. The van der Waals surface area contributed by atoms with Crippen molar-refractivity contribution >= 4 is 43.7 Å². The molecule has 1 heterocycles. The number of hydrogen-bond donors (Lipinski definition) is 2. The van der Waals surface area contributed by atoms with Gasteiger partial charge in [-0.05, 0) is 48.5 Å². The van der Waals surface area contributed by atoms with Gasteiger partial charge in [-0.3, -0.25) is 9.71 Å². The third kappa shape index (κ3) is 4.84. The van der Waals surface area contributed by atoms with Crippen molar-refractivity contribution in [2.75, 3.05) is 11.8 Å². The highest BCUT2D eigenvalue weighted by Gasteiger charge is 2.15. The number of halogens is 1. The summed E-state index contributed by atoms with van der Waals surface area (Å²) in [7, 11) is -2.38. The van der Waals surface area contributed by atoms with E-state index < -0.39 is 10.0 Å². The second-order valence-corrected chi connectivity index (χ2v) is 8.12. The SMILES string of the molecule is COc1ccc(NS(=O)(=O)c2ccc(/N=C/c3cc(Br)ccc3O)cc2)nn1. The van der Waals surface area contributed by atoms with Gasteiger partial charge < -0.3 is 9.84 Å². The highest BCUT2D eigenvalue weighted by Crippen LogP contribution is 2.22. The van der Waals surface area contributed by atoms with E-state index in [0.29, 0.717) is 11.3 Å². The van der Waals surface area contributed by atoms with Gasteiger partial charge in [-0.1, -0.05) is 15.9 Å². The van der Waals surface area contributed by atoms with Crippen molar-refractivity contribution in [3.05, 3.63) is 64.6 Å².